The Balaban J connectivity index is 1.49. The van der Waals surface area contributed by atoms with Crippen LogP contribution in [0.25, 0.3) is 11.4 Å². The Labute approximate surface area is 224 Å². The van der Waals surface area contributed by atoms with Crippen molar-refractivity contribution >= 4 is 11.6 Å². The lowest BCUT2D eigenvalue weighted by molar-refractivity contribution is -0.140. The van der Waals surface area contributed by atoms with Crippen molar-refractivity contribution in [2.24, 2.45) is 0 Å². The Hall–Kier alpha value is -3.88. The maximum Gasteiger partial charge on any atom is 0.432 e. The molecule has 2 aromatic carbocycles. The second-order valence-electron chi connectivity index (χ2n) is 9.39. The summed E-state index contributed by atoms with van der Waals surface area (Å²) in [6.45, 7) is 9.15. The number of piperazine rings is 1. The van der Waals surface area contributed by atoms with Gasteiger partial charge in [-0.2, -0.15) is 13.2 Å². The Morgan fingerprint density at radius 1 is 1.15 bits per heavy atom. The highest BCUT2D eigenvalue weighted by molar-refractivity contribution is 6.05. The van der Waals surface area contributed by atoms with Crippen LogP contribution in [0, 0.1) is 17.7 Å². The Bertz CT molecular complexity index is 1350. The van der Waals surface area contributed by atoms with Crippen LogP contribution in [0.15, 0.2) is 48.7 Å². The van der Waals surface area contributed by atoms with E-state index in [9.17, 15) is 22.4 Å². The zero-order valence-corrected chi connectivity index (χ0v) is 21.6. The number of alkyl halides is 3. The molecular weight excluding hydrogens is 514 g/mol. The molecule has 1 fully saturated rings. The maximum absolute atomic E-state index is 13.4. The van der Waals surface area contributed by atoms with Crippen molar-refractivity contribution in [2.45, 2.75) is 26.1 Å². The molecule has 0 saturated carbocycles. The first kappa shape index (κ1) is 28.1. The van der Waals surface area contributed by atoms with Crippen molar-refractivity contribution in [3.63, 3.8) is 0 Å². The van der Waals surface area contributed by atoms with Crippen molar-refractivity contribution in [2.75, 3.05) is 44.6 Å². The second-order valence-corrected chi connectivity index (χ2v) is 9.39. The number of benzene rings is 2. The minimum atomic E-state index is -4.57. The molecule has 1 saturated heterocycles. The standard InChI is InChI=1S/C28H29F4N5O2/c1-19(2)37-12-10-36(11-13-37)14-15-39-24-8-7-21(27-33-18-25(35-27)28(30,31)32)17-23(24)34-26(38)9-6-20-4-3-5-22(29)16-20/h3-5,7-8,16-19H,10-15H2,1-2H3,(H,33,35)(H,34,38). The molecule has 1 aromatic heterocycles. The maximum atomic E-state index is 13.4. The van der Waals surface area contributed by atoms with Crippen LogP contribution in [-0.4, -0.2) is 71.0 Å². The van der Waals surface area contributed by atoms with Crippen LogP contribution < -0.4 is 10.1 Å². The molecule has 0 unspecified atom stereocenters. The number of carbonyl (C=O) groups is 1. The van der Waals surface area contributed by atoms with Crippen LogP contribution in [0.3, 0.4) is 0 Å². The minimum absolute atomic E-state index is 0.0155. The third kappa shape index (κ3) is 7.81. The molecule has 1 aliphatic rings. The van der Waals surface area contributed by atoms with E-state index in [0.29, 0.717) is 42.3 Å². The highest BCUT2D eigenvalue weighted by atomic mass is 19.4. The van der Waals surface area contributed by atoms with Gasteiger partial charge in [-0.3, -0.25) is 14.6 Å². The summed E-state index contributed by atoms with van der Waals surface area (Å²) in [7, 11) is 0. The minimum Gasteiger partial charge on any atom is -0.490 e. The van der Waals surface area contributed by atoms with Gasteiger partial charge in [0.1, 0.15) is 29.7 Å². The number of aromatic nitrogens is 2. The molecule has 4 rings (SSSR count). The zero-order chi connectivity index (χ0) is 28.0. The van der Waals surface area contributed by atoms with Gasteiger partial charge in [0, 0.05) is 55.8 Å². The number of nitrogens with zero attached hydrogens (tertiary/aromatic N) is 3. The number of ether oxygens (including phenoxy) is 1. The molecule has 2 heterocycles. The van der Waals surface area contributed by atoms with Crippen LogP contribution in [0.4, 0.5) is 23.2 Å². The summed E-state index contributed by atoms with van der Waals surface area (Å²) < 4.78 is 58.5. The van der Waals surface area contributed by atoms with Gasteiger partial charge in [0.05, 0.1) is 11.9 Å². The van der Waals surface area contributed by atoms with E-state index < -0.39 is 23.6 Å². The Morgan fingerprint density at radius 3 is 2.59 bits per heavy atom. The van der Waals surface area contributed by atoms with E-state index in [1.54, 1.807) is 18.2 Å². The monoisotopic (exact) mass is 543 g/mol. The van der Waals surface area contributed by atoms with Crippen LogP contribution >= 0.6 is 0 Å². The SMILES string of the molecule is CC(C)N1CCN(CCOc2ccc(-c3ncc(C(F)(F)F)[nH]3)cc2NC(=O)C#Cc2cccc(F)c2)CC1. The van der Waals surface area contributed by atoms with E-state index in [2.05, 4.69) is 50.8 Å². The Kier molecular flexibility index (Phi) is 8.89. The number of rotatable bonds is 7. The molecule has 0 atom stereocenters. The topological polar surface area (TPSA) is 73.5 Å². The van der Waals surface area contributed by atoms with Crippen molar-refractivity contribution in [1.29, 1.82) is 0 Å². The Morgan fingerprint density at radius 2 is 1.92 bits per heavy atom. The van der Waals surface area contributed by atoms with E-state index in [4.69, 9.17) is 4.74 Å². The molecule has 0 bridgehead atoms. The molecule has 0 aliphatic carbocycles. The fourth-order valence-electron chi connectivity index (χ4n) is 4.15. The smallest absolute Gasteiger partial charge is 0.432 e. The van der Waals surface area contributed by atoms with E-state index >= 15 is 0 Å². The third-order valence-electron chi connectivity index (χ3n) is 6.33. The molecular formula is C28H29F4N5O2. The lowest BCUT2D eigenvalue weighted by Crippen LogP contribution is -2.49. The average Bonchev–Trinajstić information content (AvgIpc) is 3.40. The van der Waals surface area contributed by atoms with Gasteiger partial charge in [0.15, 0.2) is 0 Å². The predicted octanol–water partition coefficient (Wildman–Crippen LogP) is 4.63. The van der Waals surface area contributed by atoms with Gasteiger partial charge < -0.3 is 15.0 Å². The molecule has 2 N–H and O–H groups in total. The number of carbonyl (C=O) groups excluding carboxylic acids is 1. The normalized spacial score (nSPS) is 14.6. The van der Waals surface area contributed by atoms with Gasteiger partial charge in [-0.1, -0.05) is 12.0 Å². The highest BCUT2D eigenvalue weighted by Crippen LogP contribution is 2.33. The van der Waals surface area contributed by atoms with Crippen LogP contribution in [-0.2, 0) is 11.0 Å². The van der Waals surface area contributed by atoms with Gasteiger partial charge in [0.2, 0.25) is 0 Å². The fraction of sp³-hybridized carbons (Fsp3) is 0.357. The average molecular weight is 544 g/mol. The molecule has 11 heteroatoms. The largest absolute Gasteiger partial charge is 0.490 e. The number of anilines is 1. The summed E-state index contributed by atoms with van der Waals surface area (Å²) in [5, 5.41) is 2.63. The van der Waals surface area contributed by atoms with Crippen molar-refractivity contribution in [1.82, 2.24) is 19.8 Å². The predicted molar refractivity (Wildman–Crippen MR) is 140 cm³/mol. The molecule has 206 valence electrons. The van der Waals surface area contributed by atoms with Crippen LogP contribution in [0.5, 0.6) is 5.75 Å². The summed E-state index contributed by atoms with van der Waals surface area (Å²) in [4.78, 5) is 23.4. The van der Waals surface area contributed by atoms with E-state index in [-0.39, 0.29) is 11.5 Å². The molecule has 1 amide bonds. The van der Waals surface area contributed by atoms with Crippen molar-refractivity contribution in [3.8, 4) is 29.0 Å². The number of hydrogen-bond acceptors (Lipinski definition) is 5. The van der Waals surface area contributed by atoms with Gasteiger partial charge in [-0.05, 0) is 50.2 Å². The first-order valence-electron chi connectivity index (χ1n) is 12.5. The summed E-state index contributed by atoms with van der Waals surface area (Å²) in [6.07, 6.45) is -3.86. The van der Waals surface area contributed by atoms with Crippen LogP contribution in [0.1, 0.15) is 25.1 Å². The second kappa shape index (κ2) is 12.3. The fourth-order valence-corrected chi connectivity index (χ4v) is 4.15. The van der Waals surface area contributed by atoms with Gasteiger partial charge in [-0.15, -0.1) is 0 Å². The molecule has 39 heavy (non-hydrogen) atoms. The summed E-state index contributed by atoms with van der Waals surface area (Å²) in [5.74, 6) is 4.14. The lowest BCUT2D eigenvalue weighted by Gasteiger charge is -2.36. The van der Waals surface area contributed by atoms with Crippen molar-refractivity contribution in [3.05, 3.63) is 65.7 Å². The van der Waals surface area contributed by atoms with Crippen molar-refractivity contribution < 1.29 is 27.1 Å². The van der Waals surface area contributed by atoms with Gasteiger partial charge >= 0.3 is 12.1 Å². The van der Waals surface area contributed by atoms with Gasteiger partial charge in [0.25, 0.3) is 0 Å². The number of amides is 1. The molecule has 3 aromatic rings. The highest BCUT2D eigenvalue weighted by Gasteiger charge is 2.33. The summed E-state index contributed by atoms with van der Waals surface area (Å²) in [5.41, 5.74) is -0.123. The number of imidazole rings is 1. The van der Waals surface area contributed by atoms with E-state index in [0.717, 1.165) is 26.2 Å². The first-order valence-corrected chi connectivity index (χ1v) is 12.5. The number of hydrogen-bond donors (Lipinski definition) is 2. The lowest BCUT2D eigenvalue weighted by atomic mass is 10.1. The number of aromatic amines is 1. The zero-order valence-electron chi connectivity index (χ0n) is 21.6. The summed E-state index contributed by atoms with van der Waals surface area (Å²) in [6, 6.07) is 10.6. The number of nitrogens with one attached hydrogen (secondary N) is 2. The van der Waals surface area contributed by atoms with Crippen LogP contribution in [0.2, 0.25) is 0 Å². The summed E-state index contributed by atoms with van der Waals surface area (Å²) >= 11 is 0. The first-order chi connectivity index (χ1) is 18.6. The molecule has 0 spiro atoms. The number of H-pyrrole nitrogens is 1. The molecule has 7 nitrogen and oxygen atoms in total. The molecule has 0 radical (unpaired) electrons. The van der Waals surface area contributed by atoms with E-state index in [1.807, 2.05) is 0 Å². The quantitative estimate of drug-likeness (QED) is 0.336. The van der Waals surface area contributed by atoms with Gasteiger partial charge in [-0.25, -0.2) is 9.37 Å². The number of halogens is 4. The van der Waals surface area contributed by atoms with E-state index in [1.165, 1.54) is 24.3 Å². The molecule has 1 aliphatic heterocycles. The third-order valence-corrected chi connectivity index (χ3v) is 6.33.